The van der Waals surface area contributed by atoms with Crippen molar-refractivity contribution < 1.29 is 9.53 Å². The second kappa shape index (κ2) is 6.81. The van der Waals surface area contributed by atoms with Crippen LogP contribution in [-0.2, 0) is 17.7 Å². The maximum absolute atomic E-state index is 12.6. The minimum absolute atomic E-state index is 0.203. The van der Waals surface area contributed by atoms with Gasteiger partial charge in [-0.3, -0.25) is 9.89 Å². The van der Waals surface area contributed by atoms with Gasteiger partial charge in [-0.25, -0.2) is 4.98 Å². The summed E-state index contributed by atoms with van der Waals surface area (Å²) in [5.41, 5.74) is 3.96. The highest BCUT2D eigenvalue weighted by Crippen LogP contribution is 2.21. The van der Waals surface area contributed by atoms with Gasteiger partial charge in [-0.2, -0.15) is 5.10 Å². The fourth-order valence-electron chi connectivity index (χ4n) is 3.24. The zero-order valence-corrected chi connectivity index (χ0v) is 14.3. The summed E-state index contributed by atoms with van der Waals surface area (Å²) in [5.74, 6) is 0.713. The van der Waals surface area contributed by atoms with Crippen LogP contribution in [0.4, 0.5) is 11.5 Å². The predicted molar refractivity (Wildman–Crippen MR) is 94.0 cm³/mol. The Kier molecular flexibility index (Phi) is 4.37. The first-order chi connectivity index (χ1) is 12.2. The molecule has 2 aliphatic heterocycles. The van der Waals surface area contributed by atoms with Crippen LogP contribution in [0.25, 0.3) is 0 Å². The zero-order valence-electron chi connectivity index (χ0n) is 14.3. The van der Waals surface area contributed by atoms with E-state index in [9.17, 15) is 4.79 Å². The van der Waals surface area contributed by atoms with E-state index in [2.05, 4.69) is 30.7 Å². The van der Waals surface area contributed by atoms with E-state index in [1.165, 1.54) is 0 Å². The summed E-state index contributed by atoms with van der Waals surface area (Å²) >= 11 is 0. The van der Waals surface area contributed by atoms with Gasteiger partial charge in [0.1, 0.15) is 5.82 Å². The molecule has 2 aliphatic rings. The molecule has 0 aliphatic carbocycles. The largest absolute Gasteiger partial charge is 0.378 e. The quantitative estimate of drug-likeness (QED) is 0.765. The molecule has 25 heavy (non-hydrogen) atoms. The van der Waals surface area contributed by atoms with E-state index < -0.39 is 0 Å². The molecule has 0 unspecified atom stereocenters. The van der Waals surface area contributed by atoms with Crippen LogP contribution in [0.1, 0.15) is 27.4 Å². The average Bonchev–Trinajstić information content (AvgIpc) is 3.08. The second-order valence-corrected chi connectivity index (χ2v) is 6.31. The second-order valence-electron chi connectivity index (χ2n) is 6.31. The molecule has 4 heterocycles. The number of hydrogen-bond acceptors (Lipinski definition) is 6. The number of hydrogen-bond donors (Lipinski definition) is 3. The molecule has 1 fully saturated rings. The first-order valence-electron chi connectivity index (χ1n) is 8.61. The number of fused-ring (bicyclic) bond motifs is 1. The molecule has 3 N–H and O–H groups in total. The zero-order chi connectivity index (χ0) is 17.2. The molecule has 0 saturated carbocycles. The molecule has 8 heteroatoms. The number of morpholine rings is 1. The number of carbonyl (C=O) groups is 1. The molecule has 8 nitrogen and oxygen atoms in total. The molecule has 132 valence electrons. The number of amides is 1. The van der Waals surface area contributed by atoms with Crippen molar-refractivity contribution in [1.82, 2.24) is 20.5 Å². The van der Waals surface area contributed by atoms with Crippen LogP contribution in [-0.4, -0.2) is 53.9 Å². The van der Waals surface area contributed by atoms with Gasteiger partial charge in [0, 0.05) is 43.9 Å². The Labute approximate surface area is 146 Å². The molecule has 1 amide bonds. The lowest BCUT2D eigenvalue weighted by Crippen LogP contribution is -2.36. The van der Waals surface area contributed by atoms with Crippen LogP contribution in [0, 0.1) is 6.92 Å². The number of nitrogens with one attached hydrogen (secondary N) is 3. The Hall–Kier alpha value is -2.45. The van der Waals surface area contributed by atoms with Gasteiger partial charge in [0.15, 0.2) is 5.69 Å². The van der Waals surface area contributed by atoms with Gasteiger partial charge < -0.3 is 20.3 Å². The number of rotatable bonds is 3. The molecule has 0 atom stereocenters. The van der Waals surface area contributed by atoms with Crippen LogP contribution >= 0.6 is 0 Å². The van der Waals surface area contributed by atoms with E-state index in [4.69, 9.17) is 4.74 Å². The number of carbonyl (C=O) groups excluding carboxylic acids is 1. The van der Waals surface area contributed by atoms with Crippen molar-refractivity contribution in [3.05, 3.63) is 34.8 Å². The summed E-state index contributed by atoms with van der Waals surface area (Å²) < 4.78 is 5.37. The van der Waals surface area contributed by atoms with Crippen molar-refractivity contribution in [2.24, 2.45) is 0 Å². The van der Waals surface area contributed by atoms with E-state index in [-0.39, 0.29) is 5.91 Å². The van der Waals surface area contributed by atoms with Crippen molar-refractivity contribution in [3.63, 3.8) is 0 Å². The fourth-order valence-corrected chi connectivity index (χ4v) is 3.24. The topological polar surface area (TPSA) is 95.2 Å². The lowest BCUT2D eigenvalue weighted by molar-refractivity contribution is 0.102. The fraction of sp³-hybridized carbons (Fsp3) is 0.471. The highest BCUT2D eigenvalue weighted by molar-refractivity contribution is 6.04. The summed E-state index contributed by atoms with van der Waals surface area (Å²) in [6, 6.07) is 3.85. The molecule has 2 aromatic heterocycles. The standard InChI is InChI=1S/C17H22N6O2/c1-11-13(2-3-15(19-11)23-6-8-25-9-7-23)20-17(24)16-12-10-18-5-4-14(12)21-22-16/h2-3,18H,4-10H2,1H3,(H,20,24)(H,21,22). The van der Waals surface area contributed by atoms with Crippen LogP contribution in [0.2, 0.25) is 0 Å². The number of ether oxygens (including phenoxy) is 1. The van der Waals surface area contributed by atoms with Crippen molar-refractivity contribution >= 4 is 17.4 Å². The van der Waals surface area contributed by atoms with Gasteiger partial charge >= 0.3 is 0 Å². The minimum atomic E-state index is -0.203. The van der Waals surface area contributed by atoms with Crippen molar-refractivity contribution in [2.75, 3.05) is 43.1 Å². The van der Waals surface area contributed by atoms with Crippen LogP contribution in [0.5, 0.6) is 0 Å². The predicted octanol–water partition coefficient (Wildman–Crippen LogP) is 0.848. The van der Waals surface area contributed by atoms with Crippen molar-refractivity contribution in [2.45, 2.75) is 19.9 Å². The number of aromatic nitrogens is 3. The number of anilines is 2. The first kappa shape index (κ1) is 16.0. The Balaban J connectivity index is 1.50. The van der Waals surface area contributed by atoms with Gasteiger partial charge in [-0.05, 0) is 19.1 Å². The highest BCUT2D eigenvalue weighted by atomic mass is 16.5. The summed E-state index contributed by atoms with van der Waals surface area (Å²) in [7, 11) is 0. The molecule has 0 aromatic carbocycles. The van der Waals surface area contributed by atoms with Crippen LogP contribution in [0.15, 0.2) is 12.1 Å². The maximum atomic E-state index is 12.6. The lowest BCUT2D eigenvalue weighted by Gasteiger charge is -2.28. The minimum Gasteiger partial charge on any atom is -0.378 e. The molecule has 0 spiro atoms. The third-order valence-corrected chi connectivity index (χ3v) is 4.68. The van der Waals surface area contributed by atoms with Gasteiger partial charge in [0.25, 0.3) is 5.91 Å². The van der Waals surface area contributed by atoms with Crippen LogP contribution in [0.3, 0.4) is 0 Å². The lowest BCUT2D eigenvalue weighted by atomic mass is 10.1. The Morgan fingerprint density at radius 1 is 1.32 bits per heavy atom. The maximum Gasteiger partial charge on any atom is 0.276 e. The summed E-state index contributed by atoms with van der Waals surface area (Å²) in [6.45, 7) is 6.59. The van der Waals surface area contributed by atoms with Crippen LogP contribution < -0.4 is 15.5 Å². The number of pyridine rings is 1. The van der Waals surface area contributed by atoms with Gasteiger partial charge in [-0.1, -0.05) is 0 Å². The molecule has 2 aromatic rings. The van der Waals surface area contributed by atoms with E-state index in [0.29, 0.717) is 17.9 Å². The van der Waals surface area contributed by atoms with Gasteiger partial charge in [0.2, 0.25) is 0 Å². The van der Waals surface area contributed by atoms with Gasteiger partial charge in [-0.15, -0.1) is 0 Å². The Bertz CT molecular complexity index is 781. The first-order valence-corrected chi connectivity index (χ1v) is 8.61. The monoisotopic (exact) mass is 342 g/mol. The van der Waals surface area contributed by atoms with E-state index in [0.717, 1.165) is 62.0 Å². The third kappa shape index (κ3) is 3.22. The van der Waals surface area contributed by atoms with E-state index >= 15 is 0 Å². The Morgan fingerprint density at radius 2 is 2.16 bits per heavy atom. The number of aromatic amines is 1. The number of H-pyrrole nitrogens is 1. The summed E-state index contributed by atoms with van der Waals surface area (Å²) in [6.07, 6.45) is 0.866. The van der Waals surface area contributed by atoms with Crippen molar-refractivity contribution in [1.29, 1.82) is 0 Å². The van der Waals surface area contributed by atoms with E-state index in [1.807, 2.05) is 19.1 Å². The Morgan fingerprint density at radius 3 is 2.96 bits per heavy atom. The molecular formula is C17H22N6O2. The normalized spacial score (nSPS) is 17.2. The molecule has 0 radical (unpaired) electrons. The summed E-state index contributed by atoms with van der Waals surface area (Å²) in [5, 5.41) is 13.4. The third-order valence-electron chi connectivity index (χ3n) is 4.68. The highest BCUT2D eigenvalue weighted by Gasteiger charge is 2.22. The van der Waals surface area contributed by atoms with E-state index in [1.54, 1.807) is 0 Å². The molecule has 0 bridgehead atoms. The SMILES string of the molecule is Cc1nc(N2CCOCC2)ccc1NC(=O)c1n[nH]c2c1CNCC2. The molecule has 4 rings (SSSR count). The number of aryl methyl sites for hydroxylation is 1. The van der Waals surface area contributed by atoms with Gasteiger partial charge in [0.05, 0.1) is 24.6 Å². The smallest absolute Gasteiger partial charge is 0.276 e. The molecule has 1 saturated heterocycles. The number of nitrogens with zero attached hydrogens (tertiary/aromatic N) is 3. The summed E-state index contributed by atoms with van der Waals surface area (Å²) in [4.78, 5) is 19.4. The van der Waals surface area contributed by atoms with Crippen molar-refractivity contribution in [3.8, 4) is 0 Å². The molecular weight excluding hydrogens is 320 g/mol. The average molecular weight is 342 g/mol.